The number of furan rings is 1. The van der Waals surface area contributed by atoms with E-state index >= 15 is 0 Å². The Labute approximate surface area is 123 Å². The molecule has 0 saturated carbocycles. The first kappa shape index (κ1) is 13.9. The number of nitrogens with zero attached hydrogens (tertiary/aromatic N) is 2. The standard InChI is InChI=1S/C15H20N4O2/c20-15(13-3-7-21-11-13)18-8-12-2-1-6-19(9-12)10-14-16-4-5-17-14/h3-5,7,11-12H,1-2,6,8-10H2,(H,16,17)(H,18,20). The maximum absolute atomic E-state index is 11.9. The van der Waals surface area contributed by atoms with Crippen molar-refractivity contribution in [3.8, 4) is 0 Å². The Morgan fingerprint density at radius 2 is 2.52 bits per heavy atom. The molecule has 0 spiro atoms. The van der Waals surface area contributed by atoms with Gasteiger partial charge in [-0.1, -0.05) is 0 Å². The second-order valence-corrected chi connectivity index (χ2v) is 5.50. The number of rotatable bonds is 5. The van der Waals surface area contributed by atoms with E-state index in [-0.39, 0.29) is 5.91 Å². The number of aromatic amines is 1. The zero-order valence-electron chi connectivity index (χ0n) is 11.9. The van der Waals surface area contributed by atoms with Gasteiger partial charge in [0.25, 0.3) is 5.91 Å². The summed E-state index contributed by atoms with van der Waals surface area (Å²) in [4.78, 5) is 21.7. The molecule has 0 aliphatic carbocycles. The van der Waals surface area contributed by atoms with Gasteiger partial charge in [0.2, 0.25) is 0 Å². The van der Waals surface area contributed by atoms with Crippen LogP contribution in [0.5, 0.6) is 0 Å². The molecule has 2 N–H and O–H groups in total. The van der Waals surface area contributed by atoms with E-state index in [0.717, 1.165) is 38.3 Å². The molecule has 21 heavy (non-hydrogen) atoms. The lowest BCUT2D eigenvalue weighted by atomic mass is 9.98. The van der Waals surface area contributed by atoms with Gasteiger partial charge in [0, 0.05) is 25.5 Å². The van der Waals surface area contributed by atoms with Crippen molar-refractivity contribution in [1.82, 2.24) is 20.2 Å². The molecule has 0 radical (unpaired) electrons. The maximum atomic E-state index is 11.9. The Balaban J connectivity index is 1.46. The summed E-state index contributed by atoms with van der Waals surface area (Å²) >= 11 is 0. The van der Waals surface area contributed by atoms with Gasteiger partial charge in [-0.25, -0.2) is 4.98 Å². The van der Waals surface area contributed by atoms with E-state index in [9.17, 15) is 4.79 Å². The molecule has 1 aliphatic heterocycles. The van der Waals surface area contributed by atoms with Gasteiger partial charge in [0.15, 0.2) is 0 Å². The molecule has 0 aromatic carbocycles. The van der Waals surface area contributed by atoms with Crippen molar-refractivity contribution in [2.75, 3.05) is 19.6 Å². The number of amides is 1. The molecule has 0 bridgehead atoms. The van der Waals surface area contributed by atoms with Crippen LogP contribution in [0.15, 0.2) is 35.4 Å². The summed E-state index contributed by atoms with van der Waals surface area (Å²) in [5.41, 5.74) is 0.582. The van der Waals surface area contributed by atoms with Crippen LogP contribution in [-0.2, 0) is 6.54 Å². The molecule has 3 heterocycles. The van der Waals surface area contributed by atoms with Crippen LogP contribution in [0.4, 0.5) is 0 Å². The molecule has 2 aromatic heterocycles. The predicted octanol–water partition coefficient (Wildman–Crippen LogP) is 1.64. The van der Waals surface area contributed by atoms with Gasteiger partial charge in [-0.15, -0.1) is 0 Å². The van der Waals surface area contributed by atoms with Crippen LogP contribution in [-0.4, -0.2) is 40.4 Å². The highest BCUT2D eigenvalue weighted by molar-refractivity contribution is 5.93. The number of imidazole rings is 1. The summed E-state index contributed by atoms with van der Waals surface area (Å²) in [6, 6.07) is 1.68. The van der Waals surface area contributed by atoms with Crippen molar-refractivity contribution in [1.29, 1.82) is 0 Å². The second kappa shape index (κ2) is 6.58. The van der Waals surface area contributed by atoms with Crippen molar-refractivity contribution in [2.24, 2.45) is 5.92 Å². The van der Waals surface area contributed by atoms with Crippen molar-refractivity contribution in [2.45, 2.75) is 19.4 Å². The lowest BCUT2D eigenvalue weighted by Gasteiger charge is -2.32. The molecule has 1 amide bonds. The van der Waals surface area contributed by atoms with Gasteiger partial charge >= 0.3 is 0 Å². The zero-order valence-corrected chi connectivity index (χ0v) is 11.9. The predicted molar refractivity (Wildman–Crippen MR) is 77.6 cm³/mol. The summed E-state index contributed by atoms with van der Waals surface area (Å²) in [6.07, 6.45) is 8.93. The number of hydrogen-bond acceptors (Lipinski definition) is 4. The van der Waals surface area contributed by atoms with Crippen LogP contribution in [0, 0.1) is 5.92 Å². The zero-order chi connectivity index (χ0) is 14.5. The van der Waals surface area contributed by atoms with Crippen molar-refractivity contribution >= 4 is 5.91 Å². The van der Waals surface area contributed by atoms with Crippen LogP contribution < -0.4 is 5.32 Å². The number of carbonyl (C=O) groups excluding carboxylic acids is 1. The quantitative estimate of drug-likeness (QED) is 0.877. The normalized spacial score (nSPS) is 19.5. The Hall–Kier alpha value is -2.08. The van der Waals surface area contributed by atoms with E-state index in [1.165, 1.54) is 12.5 Å². The SMILES string of the molecule is O=C(NCC1CCCN(Cc2ncc[nH]2)C1)c1ccoc1. The van der Waals surface area contributed by atoms with Crippen molar-refractivity contribution < 1.29 is 9.21 Å². The van der Waals surface area contributed by atoms with Crippen LogP contribution in [0.3, 0.4) is 0 Å². The third-order valence-electron chi connectivity index (χ3n) is 3.87. The van der Waals surface area contributed by atoms with E-state index in [2.05, 4.69) is 20.2 Å². The average Bonchev–Trinajstić information content (AvgIpc) is 3.18. The highest BCUT2D eigenvalue weighted by Crippen LogP contribution is 2.17. The Morgan fingerprint density at radius 1 is 1.57 bits per heavy atom. The molecule has 112 valence electrons. The first-order chi connectivity index (χ1) is 10.3. The summed E-state index contributed by atoms with van der Waals surface area (Å²) in [7, 11) is 0. The molecule has 1 saturated heterocycles. The Kier molecular flexibility index (Phi) is 4.35. The number of aromatic nitrogens is 2. The molecular formula is C15H20N4O2. The monoisotopic (exact) mass is 288 g/mol. The summed E-state index contributed by atoms with van der Waals surface area (Å²) in [5, 5.41) is 2.99. The first-order valence-electron chi connectivity index (χ1n) is 7.32. The topological polar surface area (TPSA) is 74.2 Å². The highest BCUT2D eigenvalue weighted by atomic mass is 16.3. The summed E-state index contributed by atoms with van der Waals surface area (Å²) < 4.78 is 4.92. The minimum absolute atomic E-state index is 0.0630. The van der Waals surface area contributed by atoms with E-state index < -0.39 is 0 Å². The molecule has 6 heteroatoms. The fourth-order valence-electron chi connectivity index (χ4n) is 2.79. The Morgan fingerprint density at radius 3 is 3.29 bits per heavy atom. The summed E-state index contributed by atoms with van der Waals surface area (Å²) in [6.45, 7) is 3.64. The van der Waals surface area contributed by atoms with Gasteiger partial charge in [-0.05, 0) is 31.4 Å². The first-order valence-corrected chi connectivity index (χ1v) is 7.32. The van der Waals surface area contributed by atoms with E-state index in [1.807, 2.05) is 6.20 Å². The van der Waals surface area contributed by atoms with Crippen LogP contribution in [0.25, 0.3) is 0 Å². The fraction of sp³-hybridized carbons (Fsp3) is 0.467. The number of H-pyrrole nitrogens is 1. The molecule has 1 fully saturated rings. The number of piperidine rings is 1. The number of nitrogens with one attached hydrogen (secondary N) is 2. The lowest BCUT2D eigenvalue weighted by Crippen LogP contribution is -2.40. The number of likely N-dealkylation sites (tertiary alicyclic amines) is 1. The summed E-state index contributed by atoms with van der Waals surface area (Å²) in [5.74, 6) is 1.43. The fourth-order valence-corrected chi connectivity index (χ4v) is 2.79. The molecule has 3 rings (SSSR count). The number of hydrogen-bond donors (Lipinski definition) is 2. The average molecular weight is 288 g/mol. The van der Waals surface area contributed by atoms with E-state index in [1.54, 1.807) is 12.3 Å². The van der Waals surface area contributed by atoms with Crippen LogP contribution in [0.2, 0.25) is 0 Å². The molecule has 6 nitrogen and oxygen atoms in total. The molecule has 1 aliphatic rings. The van der Waals surface area contributed by atoms with Gasteiger partial charge in [0.1, 0.15) is 12.1 Å². The second-order valence-electron chi connectivity index (χ2n) is 5.50. The minimum atomic E-state index is -0.0630. The molecule has 2 aromatic rings. The van der Waals surface area contributed by atoms with Gasteiger partial charge < -0.3 is 14.7 Å². The highest BCUT2D eigenvalue weighted by Gasteiger charge is 2.21. The van der Waals surface area contributed by atoms with Gasteiger partial charge in [-0.3, -0.25) is 9.69 Å². The Bertz CT molecular complexity index is 550. The lowest BCUT2D eigenvalue weighted by molar-refractivity contribution is 0.0929. The van der Waals surface area contributed by atoms with E-state index in [4.69, 9.17) is 4.42 Å². The van der Waals surface area contributed by atoms with E-state index in [0.29, 0.717) is 18.0 Å². The van der Waals surface area contributed by atoms with Gasteiger partial charge in [-0.2, -0.15) is 0 Å². The third-order valence-corrected chi connectivity index (χ3v) is 3.87. The smallest absolute Gasteiger partial charge is 0.254 e. The number of carbonyl (C=O) groups is 1. The van der Waals surface area contributed by atoms with Gasteiger partial charge in [0.05, 0.1) is 18.4 Å². The van der Waals surface area contributed by atoms with Crippen molar-refractivity contribution in [3.05, 3.63) is 42.4 Å². The molecular weight excluding hydrogens is 268 g/mol. The molecule has 1 atom stereocenters. The minimum Gasteiger partial charge on any atom is -0.472 e. The maximum Gasteiger partial charge on any atom is 0.254 e. The molecule has 1 unspecified atom stereocenters. The van der Waals surface area contributed by atoms with Crippen LogP contribution >= 0.6 is 0 Å². The van der Waals surface area contributed by atoms with Crippen molar-refractivity contribution in [3.63, 3.8) is 0 Å². The third kappa shape index (κ3) is 3.72. The largest absolute Gasteiger partial charge is 0.472 e. The van der Waals surface area contributed by atoms with Crippen LogP contribution in [0.1, 0.15) is 29.0 Å².